The number of nitriles is 2. The van der Waals surface area contributed by atoms with Crippen molar-refractivity contribution in [1.29, 1.82) is 10.5 Å². The van der Waals surface area contributed by atoms with Gasteiger partial charge in [-0.05, 0) is 19.1 Å². The molecule has 0 aliphatic rings. The highest BCUT2D eigenvalue weighted by molar-refractivity contribution is 8.24. The summed E-state index contributed by atoms with van der Waals surface area (Å²) in [7, 11) is 0. The van der Waals surface area contributed by atoms with Gasteiger partial charge in [0.1, 0.15) is 11.1 Å². The first-order valence-electron chi connectivity index (χ1n) is 4.97. The minimum absolute atomic E-state index is 0.435. The average molecular weight is 253 g/mol. The van der Waals surface area contributed by atoms with E-state index >= 15 is 0 Å². The molecule has 0 spiro atoms. The largest absolute Gasteiger partial charge is 0.277 e. The van der Waals surface area contributed by atoms with E-state index in [4.69, 9.17) is 10.5 Å². The van der Waals surface area contributed by atoms with Crippen LogP contribution >= 0.6 is 23.5 Å². The van der Waals surface area contributed by atoms with Crippen LogP contribution in [0.2, 0.25) is 0 Å². The predicted molar refractivity (Wildman–Crippen MR) is 72.5 cm³/mol. The van der Waals surface area contributed by atoms with Crippen LogP contribution in [-0.4, -0.2) is 22.4 Å². The van der Waals surface area contributed by atoms with Gasteiger partial charge in [-0.25, -0.2) is 0 Å². The maximum atomic E-state index is 8.72. The molecule has 3 nitrogen and oxygen atoms in total. The summed E-state index contributed by atoms with van der Waals surface area (Å²) in [4.78, 5) is 4.22. The van der Waals surface area contributed by atoms with Gasteiger partial charge >= 0.3 is 0 Å². The standard InChI is InChI=1S/C11H15N3S2/c1-3-14-11(10(2)8-13)16-9-15-7-5-4-6-12/h2-5,7,9H2,1H3/b14-11+. The minimum atomic E-state index is 0.435. The first-order chi connectivity index (χ1) is 7.76. The smallest absolute Gasteiger partial charge is 0.108 e. The van der Waals surface area contributed by atoms with E-state index in [9.17, 15) is 0 Å². The van der Waals surface area contributed by atoms with Crippen molar-refractivity contribution in [3.63, 3.8) is 0 Å². The van der Waals surface area contributed by atoms with Crippen LogP contribution in [-0.2, 0) is 0 Å². The molecule has 86 valence electrons. The first-order valence-corrected chi connectivity index (χ1v) is 7.11. The predicted octanol–water partition coefficient (Wildman–Crippen LogP) is 3.21. The van der Waals surface area contributed by atoms with E-state index in [-0.39, 0.29) is 0 Å². The molecule has 0 aromatic carbocycles. The summed E-state index contributed by atoms with van der Waals surface area (Å²) in [6.07, 6.45) is 1.53. The fourth-order valence-electron chi connectivity index (χ4n) is 0.829. The first kappa shape index (κ1) is 15.1. The van der Waals surface area contributed by atoms with Crippen molar-refractivity contribution in [1.82, 2.24) is 0 Å². The Labute approximate surface area is 106 Å². The zero-order valence-electron chi connectivity index (χ0n) is 9.40. The van der Waals surface area contributed by atoms with E-state index in [2.05, 4.69) is 17.6 Å². The van der Waals surface area contributed by atoms with Crippen LogP contribution in [0.3, 0.4) is 0 Å². The van der Waals surface area contributed by atoms with Gasteiger partial charge in [0, 0.05) is 18.1 Å². The van der Waals surface area contributed by atoms with E-state index in [0.717, 1.165) is 22.3 Å². The van der Waals surface area contributed by atoms with Crippen LogP contribution in [0, 0.1) is 22.7 Å². The maximum absolute atomic E-state index is 8.72. The van der Waals surface area contributed by atoms with Crippen molar-refractivity contribution < 1.29 is 0 Å². The van der Waals surface area contributed by atoms with E-state index in [1.807, 2.05) is 13.0 Å². The van der Waals surface area contributed by atoms with Gasteiger partial charge in [0.05, 0.1) is 11.6 Å². The summed E-state index contributed by atoms with van der Waals surface area (Å²) in [6.45, 7) is 6.26. The third-order valence-electron chi connectivity index (χ3n) is 1.55. The summed E-state index contributed by atoms with van der Waals surface area (Å²) in [5.74, 6) is 0.971. The molecule has 0 unspecified atom stereocenters. The number of aliphatic imine (C=N–C) groups is 1. The molecule has 0 saturated carbocycles. The molecule has 16 heavy (non-hydrogen) atoms. The van der Waals surface area contributed by atoms with Crippen LogP contribution in [0.5, 0.6) is 0 Å². The lowest BCUT2D eigenvalue weighted by atomic mass is 10.4. The van der Waals surface area contributed by atoms with Gasteiger partial charge in [-0.3, -0.25) is 4.99 Å². The van der Waals surface area contributed by atoms with Gasteiger partial charge in [0.25, 0.3) is 0 Å². The van der Waals surface area contributed by atoms with Crippen LogP contribution in [0.1, 0.15) is 19.8 Å². The fourth-order valence-corrected chi connectivity index (χ4v) is 2.87. The van der Waals surface area contributed by atoms with Crippen LogP contribution in [0.15, 0.2) is 17.1 Å². The molecule has 0 atom stereocenters. The monoisotopic (exact) mass is 253 g/mol. The molecule has 0 N–H and O–H groups in total. The van der Waals surface area contributed by atoms with Crippen LogP contribution in [0.25, 0.3) is 0 Å². The summed E-state index contributed by atoms with van der Waals surface area (Å²) in [5.41, 5.74) is 0.435. The Morgan fingerprint density at radius 3 is 2.75 bits per heavy atom. The Kier molecular flexibility index (Phi) is 10.00. The van der Waals surface area contributed by atoms with Crippen molar-refractivity contribution in [2.75, 3.05) is 17.4 Å². The molecule has 0 bridgehead atoms. The molecular formula is C11H15N3S2. The third kappa shape index (κ3) is 7.39. The molecule has 0 radical (unpaired) electrons. The molecule has 0 aromatic heterocycles. The van der Waals surface area contributed by atoms with Crippen LogP contribution in [0.4, 0.5) is 0 Å². The zero-order chi connectivity index (χ0) is 12.2. The molecule has 0 fully saturated rings. The lowest BCUT2D eigenvalue weighted by Crippen LogP contribution is -1.96. The minimum Gasteiger partial charge on any atom is -0.277 e. The van der Waals surface area contributed by atoms with Gasteiger partial charge < -0.3 is 0 Å². The summed E-state index contributed by atoms with van der Waals surface area (Å²) >= 11 is 3.30. The third-order valence-corrected chi connectivity index (χ3v) is 3.92. The number of thioether (sulfide) groups is 2. The zero-order valence-corrected chi connectivity index (χ0v) is 11.0. The number of hydrogen-bond acceptors (Lipinski definition) is 5. The van der Waals surface area contributed by atoms with Gasteiger partial charge in [-0.2, -0.15) is 22.3 Å². The molecule has 0 aromatic rings. The molecule has 0 aliphatic heterocycles. The summed E-state index contributed by atoms with van der Waals surface area (Å²) in [5, 5.41) is 18.7. The van der Waals surface area contributed by atoms with Crippen molar-refractivity contribution in [3.8, 4) is 12.1 Å². The average Bonchev–Trinajstić information content (AvgIpc) is 2.31. The Morgan fingerprint density at radius 2 is 2.19 bits per heavy atom. The van der Waals surface area contributed by atoms with Crippen LogP contribution < -0.4 is 0 Å². The van der Waals surface area contributed by atoms with E-state index in [0.29, 0.717) is 18.5 Å². The number of nitrogens with zero attached hydrogens (tertiary/aromatic N) is 3. The Morgan fingerprint density at radius 1 is 1.44 bits per heavy atom. The fraction of sp³-hybridized carbons (Fsp3) is 0.545. The quantitative estimate of drug-likeness (QED) is 0.230. The second-order valence-electron chi connectivity index (χ2n) is 2.80. The maximum Gasteiger partial charge on any atom is 0.108 e. The van der Waals surface area contributed by atoms with Crippen molar-refractivity contribution in [2.45, 2.75) is 19.8 Å². The van der Waals surface area contributed by atoms with Gasteiger partial charge in [-0.1, -0.05) is 18.3 Å². The lowest BCUT2D eigenvalue weighted by molar-refractivity contribution is 0.983. The molecule has 0 heterocycles. The molecular weight excluding hydrogens is 238 g/mol. The normalized spacial score (nSPS) is 10.6. The van der Waals surface area contributed by atoms with E-state index < -0.39 is 0 Å². The number of hydrogen-bond donors (Lipinski definition) is 0. The second kappa shape index (κ2) is 10.6. The second-order valence-corrected chi connectivity index (χ2v) is 5.24. The Hall–Kier alpha value is -0.910. The highest BCUT2D eigenvalue weighted by Gasteiger charge is 2.04. The highest BCUT2D eigenvalue weighted by atomic mass is 32.2. The molecule has 0 amide bonds. The SMILES string of the molecule is C=C(C#N)/C(=N\CC)SCSCCCC#N. The Balaban J connectivity index is 3.80. The van der Waals surface area contributed by atoms with Crippen molar-refractivity contribution >= 4 is 28.6 Å². The topological polar surface area (TPSA) is 59.9 Å². The number of unbranched alkanes of at least 4 members (excludes halogenated alkanes) is 1. The lowest BCUT2D eigenvalue weighted by Gasteiger charge is -2.03. The van der Waals surface area contributed by atoms with Gasteiger partial charge in [-0.15, -0.1) is 0 Å². The molecule has 5 heteroatoms. The van der Waals surface area contributed by atoms with Gasteiger partial charge in [0.2, 0.25) is 0 Å². The van der Waals surface area contributed by atoms with Gasteiger partial charge in [0.15, 0.2) is 0 Å². The van der Waals surface area contributed by atoms with E-state index in [1.165, 1.54) is 0 Å². The summed E-state index contributed by atoms with van der Waals surface area (Å²) in [6, 6.07) is 4.13. The Bertz CT molecular complexity index is 323. The van der Waals surface area contributed by atoms with E-state index in [1.54, 1.807) is 23.5 Å². The molecule has 0 saturated heterocycles. The van der Waals surface area contributed by atoms with Crippen molar-refractivity contribution in [3.05, 3.63) is 12.2 Å². The number of rotatable bonds is 7. The molecule has 0 rings (SSSR count). The highest BCUT2D eigenvalue weighted by Crippen LogP contribution is 2.18. The molecule has 0 aliphatic carbocycles. The summed E-state index contributed by atoms with van der Waals surface area (Å²) < 4.78 is 0. The van der Waals surface area contributed by atoms with Crippen molar-refractivity contribution in [2.24, 2.45) is 4.99 Å².